The summed E-state index contributed by atoms with van der Waals surface area (Å²) in [6.45, 7) is 4.29. The van der Waals surface area contributed by atoms with Gasteiger partial charge >= 0.3 is 6.01 Å². The third-order valence-corrected chi connectivity index (χ3v) is 6.44. The molecule has 0 fully saturated rings. The van der Waals surface area contributed by atoms with Crippen molar-refractivity contribution in [1.29, 1.82) is 0 Å². The van der Waals surface area contributed by atoms with Crippen LogP contribution in [0.15, 0.2) is 24.3 Å². The first-order chi connectivity index (χ1) is 18.3. The predicted octanol–water partition coefficient (Wildman–Crippen LogP) is 5.40. The molecule has 0 spiro atoms. The summed E-state index contributed by atoms with van der Waals surface area (Å²) in [5, 5.41) is 21.2. The Morgan fingerprint density at radius 3 is 2.50 bits per heavy atom. The van der Waals surface area contributed by atoms with E-state index in [0.717, 1.165) is 19.3 Å². The Balaban J connectivity index is 2.04. The van der Waals surface area contributed by atoms with Crippen molar-refractivity contribution in [2.24, 2.45) is 0 Å². The lowest BCUT2D eigenvalue weighted by molar-refractivity contribution is 0.283. The van der Waals surface area contributed by atoms with Gasteiger partial charge in [-0.05, 0) is 47.4 Å². The van der Waals surface area contributed by atoms with Gasteiger partial charge in [-0.25, -0.2) is 13.8 Å². The number of methoxy groups -OCH3 is 1. The number of aliphatic hydroxyl groups excluding tert-OH is 1. The highest BCUT2D eigenvalue weighted by atomic mass is 19.1. The standard InChI is InChI=1S/C28H32F2N4O4/c1-5-7-8-13-38-28-32-25-22(26(33-28)34(3)11-12-35)27(37-4)31-24(23(25)30)19-15-17(36)14-16-9-10-20(29)18(6-2)21(16)19/h9-10,14-15,35-36H,5-8,11-13H2,1-4H3. The molecule has 4 rings (SSSR count). The number of unbranched alkanes of at least 4 members (excludes halogenated alkanes) is 2. The van der Waals surface area contributed by atoms with Crippen molar-refractivity contribution in [3.8, 4) is 28.9 Å². The first-order valence-corrected chi connectivity index (χ1v) is 12.7. The Kier molecular flexibility index (Phi) is 8.41. The van der Waals surface area contributed by atoms with Crippen molar-refractivity contribution in [3.05, 3.63) is 41.5 Å². The number of halogens is 2. The van der Waals surface area contributed by atoms with Gasteiger partial charge < -0.3 is 24.6 Å². The Morgan fingerprint density at radius 2 is 1.82 bits per heavy atom. The summed E-state index contributed by atoms with van der Waals surface area (Å²) in [4.78, 5) is 15.0. The van der Waals surface area contributed by atoms with Gasteiger partial charge in [-0.3, -0.25) is 0 Å². The van der Waals surface area contributed by atoms with E-state index in [-0.39, 0.29) is 58.8 Å². The average Bonchev–Trinajstić information content (AvgIpc) is 2.91. The van der Waals surface area contributed by atoms with E-state index in [4.69, 9.17) is 9.47 Å². The van der Waals surface area contributed by atoms with Gasteiger partial charge in [0.15, 0.2) is 5.82 Å². The highest BCUT2D eigenvalue weighted by molar-refractivity contribution is 6.03. The van der Waals surface area contributed by atoms with Crippen molar-refractivity contribution >= 4 is 27.5 Å². The summed E-state index contributed by atoms with van der Waals surface area (Å²) in [6, 6.07) is 5.70. The number of aliphatic hydroxyl groups is 1. The fraction of sp³-hybridized carbons (Fsp3) is 0.393. The van der Waals surface area contributed by atoms with Crippen molar-refractivity contribution in [2.45, 2.75) is 39.5 Å². The summed E-state index contributed by atoms with van der Waals surface area (Å²) in [7, 11) is 3.09. The molecule has 0 saturated heterocycles. The molecule has 0 saturated carbocycles. The molecule has 202 valence electrons. The molecule has 0 aliphatic carbocycles. The zero-order valence-corrected chi connectivity index (χ0v) is 22.0. The molecule has 0 amide bonds. The molecule has 10 heteroatoms. The third-order valence-electron chi connectivity index (χ3n) is 6.44. The van der Waals surface area contributed by atoms with Crippen molar-refractivity contribution in [2.75, 3.05) is 38.8 Å². The lowest BCUT2D eigenvalue weighted by Gasteiger charge is -2.21. The second-order valence-electron chi connectivity index (χ2n) is 9.01. The number of phenolic OH excluding ortho intramolecular Hbond substituents is 1. The van der Waals surface area contributed by atoms with Crippen LogP contribution in [0.2, 0.25) is 0 Å². The number of rotatable bonds is 11. The van der Waals surface area contributed by atoms with Crippen LogP contribution in [-0.2, 0) is 6.42 Å². The molecular formula is C28H32F2N4O4. The molecule has 0 aliphatic heterocycles. The van der Waals surface area contributed by atoms with Crippen LogP contribution in [0, 0.1) is 11.6 Å². The van der Waals surface area contributed by atoms with Crippen molar-refractivity contribution in [1.82, 2.24) is 15.0 Å². The maximum atomic E-state index is 16.4. The summed E-state index contributed by atoms with van der Waals surface area (Å²) in [5.41, 5.74) is 0.340. The fourth-order valence-corrected chi connectivity index (χ4v) is 4.57. The van der Waals surface area contributed by atoms with Crippen molar-refractivity contribution in [3.63, 3.8) is 0 Å². The number of benzene rings is 2. The van der Waals surface area contributed by atoms with Gasteiger partial charge in [-0.15, -0.1) is 0 Å². The van der Waals surface area contributed by atoms with E-state index in [1.54, 1.807) is 18.9 Å². The zero-order valence-electron chi connectivity index (χ0n) is 22.0. The van der Waals surface area contributed by atoms with Crippen LogP contribution >= 0.6 is 0 Å². The minimum absolute atomic E-state index is 0.0208. The number of hydrogen-bond acceptors (Lipinski definition) is 8. The van der Waals surface area contributed by atoms with E-state index >= 15 is 4.39 Å². The number of anilines is 1. The van der Waals surface area contributed by atoms with E-state index in [1.807, 2.05) is 0 Å². The number of likely N-dealkylation sites (N-methyl/N-ethyl adjacent to an activating group) is 1. The summed E-state index contributed by atoms with van der Waals surface area (Å²) in [5.74, 6) is -1.02. The molecule has 0 unspecified atom stereocenters. The molecule has 2 heterocycles. The van der Waals surface area contributed by atoms with Gasteiger partial charge in [0.25, 0.3) is 0 Å². The number of aromatic nitrogens is 3. The Labute approximate surface area is 219 Å². The Bertz CT molecular complexity index is 1470. The van der Waals surface area contributed by atoms with Crippen LogP contribution in [0.5, 0.6) is 17.6 Å². The number of fused-ring (bicyclic) bond motifs is 2. The third kappa shape index (κ3) is 5.13. The minimum atomic E-state index is -0.793. The summed E-state index contributed by atoms with van der Waals surface area (Å²) < 4.78 is 42.5. The van der Waals surface area contributed by atoms with Crippen LogP contribution in [-0.4, -0.2) is 59.1 Å². The molecule has 0 aliphatic rings. The second-order valence-corrected chi connectivity index (χ2v) is 9.01. The van der Waals surface area contributed by atoms with E-state index in [0.29, 0.717) is 29.4 Å². The molecule has 0 radical (unpaired) electrons. The van der Waals surface area contributed by atoms with Crippen LogP contribution in [0.4, 0.5) is 14.6 Å². The molecule has 8 nitrogen and oxygen atoms in total. The molecule has 0 atom stereocenters. The van der Waals surface area contributed by atoms with Crippen LogP contribution in [0.3, 0.4) is 0 Å². The van der Waals surface area contributed by atoms with Crippen LogP contribution in [0.1, 0.15) is 38.7 Å². The molecular weight excluding hydrogens is 494 g/mol. The van der Waals surface area contributed by atoms with E-state index in [1.165, 1.54) is 31.4 Å². The molecule has 2 N–H and O–H groups in total. The number of nitrogens with zero attached hydrogens (tertiary/aromatic N) is 4. The Morgan fingerprint density at radius 1 is 1.03 bits per heavy atom. The van der Waals surface area contributed by atoms with Gasteiger partial charge in [-0.2, -0.15) is 9.97 Å². The number of aromatic hydroxyl groups is 1. The van der Waals surface area contributed by atoms with Crippen LogP contribution in [0.25, 0.3) is 32.9 Å². The lowest BCUT2D eigenvalue weighted by Crippen LogP contribution is -2.23. The second kappa shape index (κ2) is 11.7. The van der Waals surface area contributed by atoms with E-state index in [2.05, 4.69) is 21.9 Å². The Hall–Kier alpha value is -3.79. The number of phenols is 1. The molecule has 38 heavy (non-hydrogen) atoms. The van der Waals surface area contributed by atoms with Gasteiger partial charge in [0, 0.05) is 19.2 Å². The molecule has 2 aromatic heterocycles. The van der Waals surface area contributed by atoms with Crippen LogP contribution < -0.4 is 14.4 Å². The molecule has 2 aromatic carbocycles. The first kappa shape index (κ1) is 27.3. The fourth-order valence-electron chi connectivity index (χ4n) is 4.57. The maximum absolute atomic E-state index is 16.4. The zero-order chi connectivity index (χ0) is 27.4. The monoisotopic (exact) mass is 526 g/mol. The maximum Gasteiger partial charge on any atom is 0.319 e. The smallest absolute Gasteiger partial charge is 0.319 e. The van der Waals surface area contributed by atoms with E-state index in [9.17, 15) is 14.6 Å². The van der Waals surface area contributed by atoms with E-state index < -0.39 is 11.6 Å². The highest BCUT2D eigenvalue weighted by Gasteiger charge is 2.26. The molecule has 4 aromatic rings. The highest BCUT2D eigenvalue weighted by Crippen LogP contribution is 2.41. The largest absolute Gasteiger partial charge is 0.508 e. The number of ether oxygens (including phenoxy) is 2. The minimum Gasteiger partial charge on any atom is -0.508 e. The summed E-state index contributed by atoms with van der Waals surface area (Å²) in [6.07, 6.45) is 3.10. The van der Waals surface area contributed by atoms with Gasteiger partial charge in [0.2, 0.25) is 5.88 Å². The normalized spacial score (nSPS) is 11.3. The average molecular weight is 527 g/mol. The number of pyridine rings is 1. The van der Waals surface area contributed by atoms with Gasteiger partial charge in [0.05, 0.1) is 20.3 Å². The van der Waals surface area contributed by atoms with Gasteiger partial charge in [0.1, 0.15) is 34.0 Å². The predicted molar refractivity (Wildman–Crippen MR) is 143 cm³/mol. The quantitative estimate of drug-likeness (QED) is 0.251. The van der Waals surface area contributed by atoms with Crippen molar-refractivity contribution < 1.29 is 28.5 Å². The summed E-state index contributed by atoms with van der Waals surface area (Å²) >= 11 is 0. The first-order valence-electron chi connectivity index (χ1n) is 12.7. The lowest BCUT2D eigenvalue weighted by atomic mass is 9.94. The SMILES string of the molecule is CCCCCOc1nc(N(C)CCO)c2c(OC)nc(-c3cc(O)cc4ccc(F)c(CC)c34)c(F)c2n1. The number of aryl methyl sites for hydroxylation is 1. The molecule has 0 bridgehead atoms. The topological polar surface area (TPSA) is 101 Å². The number of hydrogen-bond donors (Lipinski definition) is 2. The van der Waals surface area contributed by atoms with Gasteiger partial charge in [-0.1, -0.05) is 32.8 Å².